The third kappa shape index (κ3) is 1.93. The Balaban J connectivity index is 2.92. The molecule has 0 aliphatic rings. The molecule has 0 saturated heterocycles. The van der Waals surface area contributed by atoms with Gasteiger partial charge in [0, 0.05) is 11.2 Å². The van der Waals surface area contributed by atoms with E-state index in [9.17, 15) is 0 Å². The summed E-state index contributed by atoms with van der Waals surface area (Å²) in [5.41, 5.74) is 0.0645. The Labute approximate surface area is 76.5 Å². The van der Waals surface area contributed by atoms with Gasteiger partial charge in [0.25, 0.3) is 0 Å². The van der Waals surface area contributed by atoms with Crippen molar-refractivity contribution in [2.45, 2.75) is 26.2 Å². The summed E-state index contributed by atoms with van der Waals surface area (Å²) in [4.78, 5) is 0. The first-order valence-electron chi connectivity index (χ1n) is 3.48. The molecule has 62 valence electrons. The first-order valence-corrected chi connectivity index (χ1v) is 4.92. The van der Waals surface area contributed by atoms with Crippen molar-refractivity contribution in [2.24, 2.45) is 0 Å². The van der Waals surface area contributed by atoms with Gasteiger partial charge in [0.05, 0.1) is 0 Å². The summed E-state index contributed by atoms with van der Waals surface area (Å²) >= 11 is 5.91. The molecule has 4 heteroatoms. The second-order valence-electron chi connectivity index (χ2n) is 3.17. The normalized spacial score (nSPS) is 12.0. The van der Waals surface area contributed by atoms with E-state index in [4.69, 9.17) is 0 Å². The van der Waals surface area contributed by atoms with Crippen LogP contribution >= 0.6 is 24.0 Å². The van der Waals surface area contributed by atoms with Crippen LogP contribution in [0.15, 0.2) is 0 Å². The van der Waals surface area contributed by atoms with E-state index in [0.717, 1.165) is 15.8 Å². The quantitative estimate of drug-likeness (QED) is 0.719. The van der Waals surface area contributed by atoms with Crippen LogP contribution < -0.4 is 0 Å². The summed E-state index contributed by atoms with van der Waals surface area (Å²) < 4.78 is 0. The van der Waals surface area contributed by atoms with Gasteiger partial charge in [0.2, 0.25) is 0 Å². The number of thiol groups is 1. The van der Waals surface area contributed by atoms with Crippen molar-refractivity contribution in [3.8, 4) is 0 Å². The molecule has 0 aliphatic carbocycles. The molecule has 1 rings (SSSR count). The van der Waals surface area contributed by atoms with Gasteiger partial charge >= 0.3 is 0 Å². The summed E-state index contributed by atoms with van der Waals surface area (Å²) in [7, 11) is 0. The second-order valence-corrected chi connectivity index (χ2v) is 4.67. The van der Waals surface area contributed by atoms with E-state index in [2.05, 4.69) is 36.7 Å². The molecular weight excluding hydrogens is 176 g/mol. The van der Waals surface area contributed by atoms with Crippen LogP contribution in [0.3, 0.4) is 0 Å². The Kier molecular flexibility index (Phi) is 2.54. The van der Waals surface area contributed by atoms with Crippen molar-refractivity contribution in [1.29, 1.82) is 0 Å². The molecule has 0 aromatic carbocycles. The molecular formula is C7H12N2S2. The van der Waals surface area contributed by atoms with E-state index in [0.29, 0.717) is 0 Å². The van der Waals surface area contributed by atoms with E-state index in [1.807, 2.05) is 6.92 Å². The summed E-state index contributed by atoms with van der Waals surface area (Å²) in [5.74, 6) is 0.807. The zero-order valence-electron chi connectivity index (χ0n) is 6.96. The SMILES string of the molecule is Cc1nnc(C(C)(C)CS)s1. The fourth-order valence-corrected chi connectivity index (χ4v) is 1.69. The highest BCUT2D eigenvalue weighted by Crippen LogP contribution is 2.26. The summed E-state index contributed by atoms with van der Waals surface area (Å²) in [5, 5.41) is 10.1. The molecule has 0 amide bonds. The fourth-order valence-electron chi connectivity index (χ4n) is 0.638. The third-order valence-electron chi connectivity index (χ3n) is 1.50. The van der Waals surface area contributed by atoms with E-state index in [-0.39, 0.29) is 5.41 Å². The first kappa shape index (κ1) is 9.00. The van der Waals surface area contributed by atoms with Gasteiger partial charge in [-0.25, -0.2) is 0 Å². The number of aromatic nitrogens is 2. The minimum Gasteiger partial charge on any atom is -0.178 e. The van der Waals surface area contributed by atoms with Crippen molar-refractivity contribution in [1.82, 2.24) is 10.2 Å². The van der Waals surface area contributed by atoms with Gasteiger partial charge in [-0.3, -0.25) is 0 Å². The highest BCUT2D eigenvalue weighted by atomic mass is 32.1. The molecule has 0 spiro atoms. The van der Waals surface area contributed by atoms with E-state index in [1.54, 1.807) is 11.3 Å². The zero-order chi connectivity index (χ0) is 8.48. The maximum Gasteiger partial charge on any atom is 0.123 e. The monoisotopic (exact) mass is 188 g/mol. The van der Waals surface area contributed by atoms with Crippen LogP contribution in [0.4, 0.5) is 0 Å². The molecule has 0 atom stereocenters. The van der Waals surface area contributed by atoms with Gasteiger partial charge in [-0.1, -0.05) is 13.8 Å². The van der Waals surface area contributed by atoms with Crippen molar-refractivity contribution >= 4 is 24.0 Å². The average Bonchev–Trinajstić information content (AvgIpc) is 2.36. The van der Waals surface area contributed by atoms with Gasteiger partial charge < -0.3 is 0 Å². The molecule has 1 heterocycles. The van der Waals surface area contributed by atoms with Crippen LogP contribution in [-0.4, -0.2) is 16.0 Å². The van der Waals surface area contributed by atoms with Crippen molar-refractivity contribution in [2.75, 3.05) is 5.75 Å². The van der Waals surface area contributed by atoms with Crippen molar-refractivity contribution < 1.29 is 0 Å². The van der Waals surface area contributed by atoms with E-state index < -0.39 is 0 Å². The Morgan fingerprint density at radius 1 is 1.45 bits per heavy atom. The molecule has 11 heavy (non-hydrogen) atoms. The summed E-state index contributed by atoms with van der Waals surface area (Å²) in [6.45, 7) is 6.22. The second kappa shape index (κ2) is 3.11. The number of hydrogen-bond acceptors (Lipinski definition) is 4. The number of hydrogen-bond donors (Lipinski definition) is 1. The molecule has 0 aliphatic heterocycles. The van der Waals surface area contributed by atoms with Crippen LogP contribution in [0, 0.1) is 6.92 Å². The molecule has 0 saturated carbocycles. The highest BCUT2D eigenvalue weighted by Gasteiger charge is 2.22. The Hall–Kier alpha value is -0.0900. The van der Waals surface area contributed by atoms with Crippen LogP contribution in [0.2, 0.25) is 0 Å². The number of nitrogens with zero attached hydrogens (tertiary/aromatic N) is 2. The lowest BCUT2D eigenvalue weighted by Crippen LogP contribution is -2.18. The van der Waals surface area contributed by atoms with Crippen LogP contribution in [0.1, 0.15) is 23.9 Å². The van der Waals surface area contributed by atoms with Gasteiger partial charge in [0.15, 0.2) is 0 Å². The maximum atomic E-state index is 4.26. The number of rotatable bonds is 2. The van der Waals surface area contributed by atoms with E-state index in [1.165, 1.54) is 0 Å². The predicted molar refractivity (Wildman–Crippen MR) is 51.5 cm³/mol. The van der Waals surface area contributed by atoms with E-state index >= 15 is 0 Å². The standard InChI is InChI=1S/C7H12N2S2/c1-5-8-9-6(11-5)7(2,3)4-10/h10H,4H2,1-3H3. The Bertz CT molecular complexity index is 242. The molecule has 1 aromatic heterocycles. The first-order chi connectivity index (χ1) is 5.06. The van der Waals surface area contributed by atoms with Crippen LogP contribution in [0.25, 0.3) is 0 Å². The largest absolute Gasteiger partial charge is 0.178 e. The zero-order valence-corrected chi connectivity index (χ0v) is 8.67. The van der Waals surface area contributed by atoms with Gasteiger partial charge in [0.1, 0.15) is 10.0 Å². The fraction of sp³-hybridized carbons (Fsp3) is 0.714. The lowest BCUT2D eigenvalue weighted by molar-refractivity contribution is 0.591. The smallest absolute Gasteiger partial charge is 0.123 e. The summed E-state index contributed by atoms with van der Waals surface area (Å²) in [6.07, 6.45) is 0. The lowest BCUT2D eigenvalue weighted by atomic mass is 9.98. The van der Waals surface area contributed by atoms with Crippen LogP contribution in [0.5, 0.6) is 0 Å². The molecule has 0 unspecified atom stereocenters. The molecule has 0 N–H and O–H groups in total. The molecule has 0 bridgehead atoms. The molecule has 0 radical (unpaired) electrons. The average molecular weight is 188 g/mol. The predicted octanol–water partition coefficient (Wildman–Crippen LogP) is 2.05. The molecule has 1 aromatic rings. The third-order valence-corrected chi connectivity index (χ3v) is 3.50. The Morgan fingerprint density at radius 2 is 2.09 bits per heavy atom. The minimum absolute atomic E-state index is 0.0645. The van der Waals surface area contributed by atoms with Gasteiger partial charge in [-0.2, -0.15) is 12.6 Å². The molecule has 2 nitrogen and oxygen atoms in total. The van der Waals surface area contributed by atoms with Crippen LogP contribution in [-0.2, 0) is 5.41 Å². The lowest BCUT2D eigenvalue weighted by Gasteiger charge is -2.16. The van der Waals surface area contributed by atoms with Crippen molar-refractivity contribution in [3.05, 3.63) is 10.0 Å². The minimum atomic E-state index is 0.0645. The maximum absolute atomic E-state index is 4.26. The topological polar surface area (TPSA) is 25.8 Å². The molecule has 0 fully saturated rings. The Morgan fingerprint density at radius 3 is 2.45 bits per heavy atom. The van der Waals surface area contributed by atoms with Gasteiger partial charge in [-0.15, -0.1) is 21.5 Å². The number of aryl methyl sites for hydroxylation is 1. The highest BCUT2D eigenvalue weighted by molar-refractivity contribution is 7.80. The van der Waals surface area contributed by atoms with Gasteiger partial charge in [-0.05, 0) is 6.92 Å². The summed E-state index contributed by atoms with van der Waals surface area (Å²) in [6, 6.07) is 0. The van der Waals surface area contributed by atoms with Crippen molar-refractivity contribution in [3.63, 3.8) is 0 Å².